The second-order valence-electron chi connectivity index (χ2n) is 4.44. The molecule has 0 aliphatic carbocycles. The second-order valence-corrected chi connectivity index (χ2v) is 6.65. The average molecular weight is 319 g/mol. The maximum absolute atomic E-state index is 11.7. The highest BCUT2D eigenvalue weighted by atomic mass is 35.5. The third-order valence-electron chi connectivity index (χ3n) is 2.94. The van der Waals surface area contributed by atoms with Gasteiger partial charge in [0.25, 0.3) is 0 Å². The summed E-state index contributed by atoms with van der Waals surface area (Å²) in [7, 11) is 0.420. The monoisotopic (exact) mass is 318 g/mol. The Balaban J connectivity index is 2.88. The van der Waals surface area contributed by atoms with Gasteiger partial charge in [0.2, 0.25) is 0 Å². The molecule has 1 rings (SSSR count). The van der Waals surface area contributed by atoms with Crippen molar-refractivity contribution in [1.29, 1.82) is 0 Å². The molecule has 0 heterocycles. The van der Waals surface area contributed by atoms with Crippen molar-refractivity contribution in [1.82, 2.24) is 0 Å². The van der Waals surface area contributed by atoms with Crippen molar-refractivity contribution in [3.8, 4) is 0 Å². The smallest absolute Gasteiger partial charge is 0.340 e. The number of rotatable bonds is 6. The van der Waals surface area contributed by atoms with Crippen molar-refractivity contribution in [2.24, 2.45) is 0 Å². The highest BCUT2D eigenvalue weighted by molar-refractivity contribution is 7.84. The molecule has 5 nitrogen and oxygen atoms in total. The normalized spacial score (nSPS) is 13.6. The summed E-state index contributed by atoms with van der Waals surface area (Å²) in [5.41, 5.74) is 6.85. The number of esters is 1. The van der Waals surface area contributed by atoms with Crippen LogP contribution in [0.3, 0.4) is 0 Å². The first kappa shape index (κ1) is 16.8. The van der Waals surface area contributed by atoms with E-state index in [1.54, 1.807) is 12.3 Å². The standard InChI is InChI=1S/C13H19ClN2O3S/c1-8(20(3)18)4-5-16-12-10(13(17)19-2)6-9(15)7-11(12)14/h6-8,16H,4-5,15H2,1-3H3. The maximum atomic E-state index is 11.7. The number of carbonyl (C=O) groups is 1. The Bertz CT molecular complexity index is 523. The fourth-order valence-corrected chi connectivity index (χ4v) is 2.39. The van der Waals surface area contributed by atoms with Crippen molar-refractivity contribution in [2.45, 2.75) is 18.6 Å². The molecule has 0 fully saturated rings. The molecule has 112 valence electrons. The van der Waals surface area contributed by atoms with E-state index in [-0.39, 0.29) is 5.25 Å². The van der Waals surface area contributed by atoms with Gasteiger partial charge >= 0.3 is 5.97 Å². The predicted molar refractivity (Wildman–Crippen MR) is 83.8 cm³/mol. The molecule has 0 saturated heterocycles. The predicted octanol–water partition coefficient (Wildman–Crippen LogP) is 2.28. The van der Waals surface area contributed by atoms with Crippen molar-refractivity contribution in [3.63, 3.8) is 0 Å². The zero-order valence-corrected chi connectivity index (χ0v) is 13.3. The largest absolute Gasteiger partial charge is 0.465 e. The van der Waals surface area contributed by atoms with Crippen LogP contribution in [0.25, 0.3) is 0 Å². The fourth-order valence-electron chi connectivity index (χ4n) is 1.64. The van der Waals surface area contributed by atoms with Crippen LogP contribution < -0.4 is 11.1 Å². The van der Waals surface area contributed by atoms with Gasteiger partial charge in [-0.25, -0.2) is 4.79 Å². The number of nitrogen functional groups attached to an aromatic ring is 1. The van der Waals surface area contributed by atoms with Gasteiger partial charge in [-0.3, -0.25) is 4.21 Å². The number of nitrogens with one attached hydrogen (secondary N) is 1. The van der Waals surface area contributed by atoms with Crippen molar-refractivity contribution >= 4 is 39.7 Å². The van der Waals surface area contributed by atoms with Gasteiger partial charge in [-0.15, -0.1) is 0 Å². The molecule has 1 aromatic rings. The lowest BCUT2D eigenvalue weighted by molar-refractivity contribution is 0.0602. The molecule has 0 radical (unpaired) electrons. The number of halogens is 1. The molecule has 0 amide bonds. The van der Waals surface area contributed by atoms with Crippen LogP contribution in [0.2, 0.25) is 5.02 Å². The molecular formula is C13H19ClN2O3S. The second kappa shape index (κ2) is 7.50. The Hall–Kier alpha value is -1.27. The lowest BCUT2D eigenvalue weighted by atomic mass is 10.1. The SMILES string of the molecule is COC(=O)c1cc(N)cc(Cl)c1NCCC(C)S(C)=O. The van der Waals surface area contributed by atoms with Gasteiger partial charge in [0.05, 0.1) is 23.4 Å². The van der Waals surface area contributed by atoms with Gasteiger partial charge in [-0.05, 0) is 18.6 Å². The van der Waals surface area contributed by atoms with E-state index >= 15 is 0 Å². The summed E-state index contributed by atoms with van der Waals surface area (Å²) in [5, 5.41) is 3.51. The summed E-state index contributed by atoms with van der Waals surface area (Å²) >= 11 is 6.10. The van der Waals surface area contributed by atoms with Crippen LogP contribution in [0.1, 0.15) is 23.7 Å². The Morgan fingerprint density at radius 3 is 2.75 bits per heavy atom. The summed E-state index contributed by atoms with van der Waals surface area (Å²) in [5.74, 6) is -0.506. The van der Waals surface area contributed by atoms with Crippen LogP contribution in [0.4, 0.5) is 11.4 Å². The Morgan fingerprint density at radius 2 is 2.20 bits per heavy atom. The Kier molecular flexibility index (Phi) is 6.29. The van der Waals surface area contributed by atoms with Gasteiger partial charge in [0.1, 0.15) is 0 Å². The van der Waals surface area contributed by atoms with E-state index in [4.69, 9.17) is 22.1 Å². The van der Waals surface area contributed by atoms with Gasteiger partial charge in [-0.2, -0.15) is 0 Å². The van der Waals surface area contributed by atoms with E-state index in [1.807, 2.05) is 6.92 Å². The third kappa shape index (κ3) is 4.38. The van der Waals surface area contributed by atoms with Crippen LogP contribution >= 0.6 is 11.6 Å². The summed E-state index contributed by atoms with van der Waals surface area (Å²) < 4.78 is 16.0. The maximum Gasteiger partial charge on any atom is 0.340 e. The minimum Gasteiger partial charge on any atom is -0.465 e. The first-order valence-corrected chi connectivity index (χ1v) is 8.10. The fraction of sp³-hybridized carbons (Fsp3) is 0.462. The molecule has 1 aromatic carbocycles. The number of hydrogen-bond donors (Lipinski definition) is 2. The van der Waals surface area contributed by atoms with Gasteiger partial charge in [0.15, 0.2) is 0 Å². The topological polar surface area (TPSA) is 81.4 Å². The van der Waals surface area contributed by atoms with E-state index < -0.39 is 16.8 Å². The minimum atomic E-state index is -0.878. The molecule has 0 aliphatic heterocycles. The Labute approximate surface area is 126 Å². The molecule has 0 aliphatic rings. The minimum absolute atomic E-state index is 0.0663. The van der Waals surface area contributed by atoms with Crippen molar-refractivity contribution < 1.29 is 13.7 Å². The first-order chi connectivity index (χ1) is 9.36. The molecule has 0 bridgehead atoms. The molecule has 0 saturated carbocycles. The van der Waals surface area contributed by atoms with E-state index in [2.05, 4.69) is 5.32 Å². The number of benzene rings is 1. The van der Waals surface area contributed by atoms with E-state index in [0.717, 1.165) is 0 Å². The summed E-state index contributed by atoms with van der Waals surface area (Å²) in [6.07, 6.45) is 2.37. The van der Waals surface area contributed by atoms with Crippen LogP contribution in [-0.4, -0.2) is 35.3 Å². The van der Waals surface area contributed by atoms with Crippen LogP contribution in [0.15, 0.2) is 12.1 Å². The van der Waals surface area contributed by atoms with Crippen LogP contribution in [0, 0.1) is 0 Å². The van der Waals surface area contributed by atoms with Crippen molar-refractivity contribution in [2.75, 3.05) is 31.0 Å². The molecular weight excluding hydrogens is 300 g/mol. The lowest BCUT2D eigenvalue weighted by Crippen LogP contribution is -2.16. The van der Waals surface area contributed by atoms with E-state index in [1.165, 1.54) is 13.2 Å². The summed E-state index contributed by atoms with van der Waals surface area (Å²) in [6, 6.07) is 3.08. The van der Waals surface area contributed by atoms with Gasteiger partial charge in [0, 0.05) is 34.5 Å². The number of hydrogen-bond acceptors (Lipinski definition) is 5. The zero-order valence-electron chi connectivity index (χ0n) is 11.7. The molecule has 7 heteroatoms. The highest BCUT2D eigenvalue weighted by Crippen LogP contribution is 2.29. The third-order valence-corrected chi connectivity index (χ3v) is 4.60. The molecule has 20 heavy (non-hydrogen) atoms. The zero-order chi connectivity index (χ0) is 15.3. The number of nitrogens with two attached hydrogens (primary N) is 1. The molecule has 2 atom stereocenters. The highest BCUT2D eigenvalue weighted by Gasteiger charge is 2.16. The lowest BCUT2D eigenvalue weighted by Gasteiger charge is -2.15. The molecule has 2 unspecified atom stereocenters. The van der Waals surface area contributed by atoms with E-state index in [9.17, 15) is 9.00 Å². The Morgan fingerprint density at radius 1 is 1.55 bits per heavy atom. The van der Waals surface area contributed by atoms with Crippen LogP contribution in [-0.2, 0) is 15.5 Å². The average Bonchev–Trinajstić information content (AvgIpc) is 2.39. The number of ether oxygens (including phenoxy) is 1. The number of methoxy groups -OCH3 is 1. The van der Waals surface area contributed by atoms with Gasteiger partial charge < -0.3 is 15.8 Å². The first-order valence-electron chi connectivity index (χ1n) is 6.10. The number of anilines is 2. The summed E-state index contributed by atoms with van der Waals surface area (Å²) in [6.45, 7) is 2.46. The van der Waals surface area contributed by atoms with Gasteiger partial charge in [-0.1, -0.05) is 18.5 Å². The van der Waals surface area contributed by atoms with E-state index in [0.29, 0.717) is 34.9 Å². The number of carbonyl (C=O) groups excluding carboxylic acids is 1. The molecule has 0 spiro atoms. The summed E-state index contributed by atoms with van der Waals surface area (Å²) in [4.78, 5) is 11.7. The molecule has 0 aromatic heterocycles. The molecule has 3 N–H and O–H groups in total. The van der Waals surface area contributed by atoms with Crippen LogP contribution in [0.5, 0.6) is 0 Å². The quantitative estimate of drug-likeness (QED) is 0.621. The van der Waals surface area contributed by atoms with Crippen molar-refractivity contribution in [3.05, 3.63) is 22.7 Å².